The van der Waals surface area contributed by atoms with Crippen molar-refractivity contribution in [3.8, 4) is 11.4 Å². The molecule has 0 aliphatic carbocycles. The number of aliphatic hydroxyl groups is 2. The van der Waals surface area contributed by atoms with Crippen LogP contribution in [0.1, 0.15) is 49.0 Å². The fraction of sp³-hybridized carbons (Fsp3) is 0.256. The largest absolute Gasteiger partial charge is 0.378 e. The van der Waals surface area contributed by atoms with Crippen molar-refractivity contribution in [1.82, 2.24) is 25.1 Å². The molecule has 2 aliphatic rings. The molecule has 2 aliphatic heterocycles. The molecule has 3 aromatic carbocycles. The summed E-state index contributed by atoms with van der Waals surface area (Å²) in [6, 6.07) is 23.0. The van der Waals surface area contributed by atoms with E-state index in [9.17, 15) is 29.4 Å². The molecule has 12 heteroatoms. The fourth-order valence-corrected chi connectivity index (χ4v) is 6.48. The molecule has 4 amide bonds. The first-order chi connectivity index (χ1) is 24.7. The first-order valence-corrected chi connectivity index (χ1v) is 16.9. The first kappa shape index (κ1) is 35.0. The minimum Gasteiger partial charge on any atom is -0.378 e. The molecule has 4 atom stereocenters. The Balaban J connectivity index is 1.04. The third-order valence-electron chi connectivity index (χ3n) is 9.19. The van der Waals surface area contributed by atoms with Crippen LogP contribution in [0.2, 0.25) is 0 Å². The monoisotopic (exact) mass is 688 g/mol. The lowest BCUT2D eigenvalue weighted by Crippen LogP contribution is -2.46. The number of likely N-dealkylation sites (tertiary alicyclic amines) is 2. The number of carbonyl (C=O) groups excluding carboxylic acids is 4. The maximum absolute atomic E-state index is 13.2. The van der Waals surface area contributed by atoms with E-state index in [1.165, 1.54) is 16.0 Å². The van der Waals surface area contributed by atoms with Crippen LogP contribution in [0.15, 0.2) is 97.2 Å². The normalized spacial score (nSPS) is 18.9. The van der Waals surface area contributed by atoms with Gasteiger partial charge in [-0.1, -0.05) is 67.2 Å². The minimum absolute atomic E-state index is 0.320. The first-order valence-electron chi connectivity index (χ1n) is 16.9. The molecule has 0 bridgehead atoms. The van der Waals surface area contributed by atoms with Gasteiger partial charge in [-0.05, 0) is 73.2 Å². The summed E-state index contributed by atoms with van der Waals surface area (Å²) in [5.74, 6) is -1.09. The lowest BCUT2D eigenvalue weighted by atomic mass is 10.1. The zero-order chi connectivity index (χ0) is 35.9. The SMILES string of the molecule is C=c1[nH]c(-c2ccc(NC(=O)C3CCCN3C(=O)C(O)c3ccccc3)cc2)nc1=CC=CNC(=O)C1CCCN1C(=O)C(O)c1ccccc1. The molecule has 2 fully saturated rings. The Hall–Kier alpha value is -5.85. The molecule has 12 nitrogen and oxygen atoms in total. The highest BCUT2D eigenvalue weighted by molar-refractivity contribution is 5.98. The molecular weight excluding hydrogens is 648 g/mol. The average Bonchev–Trinajstić information content (AvgIpc) is 3.94. The summed E-state index contributed by atoms with van der Waals surface area (Å²) >= 11 is 0. The molecule has 1 aromatic heterocycles. The predicted molar refractivity (Wildman–Crippen MR) is 191 cm³/mol. The highest BCUT2D eigenvalue weighted by atomic mass is 16.3. The number of hydrogen-bond acceptors (Lipinski definition) is 7. The van der Waals surface area contributed by atoms with Crippen molar-refractivity contribution in [3.05, 3.63) is 119 Å². The standard InChI is InChI=1S/C39H40N6O6/c1-25-30(15-8-22-40-36(48)31-16-9-23-44(31)38(50)33(46)26-11-4-2-5-12-26)43-35(41-25)28-18-20-29(21-19-28)42-37(49)32-17-10-24-45(32)39(51)34(47)27-13-6-3-7-14-27/h2-8,11-15,18-22,31-34,46-47H,1,9-10,16-17,23-24H2,(H,40,48)(H,41,43)(H,42,49). The van der Waals surface area contributed by atoms with Gasteiger partial charge in [0.1, 0.15) is 17.9 Å². The zero-order valence-electron chi connectivity index (χ0n) is 27.9. The third kappa shape index (κ3) is 7.98. The highest BCUT2D eigenvalue weighted by Gasteiger charge is 2.38. The number of aliphatic hydroxyl groups excluding tert-OH is 2. The number of carbonyl (C=O) groups is 4. The number of benzene rings is 3. The van der Waals surface area contributed by atoms with Crippen molar-refractivity contribution in [2.45, 2.75) is 50.0 Å². The Labute approximate surface area is 294 Å². The predicted octanol–water partition coefficient (Wildman–Crippen LogP) is 2.29. The average molecular weight is 689 g/mol. The van der Waals surface area contributed by atoms with E-state index >= 15 is 0 Å². The fourth-order valence-electron chi connectivity index (χ4n) is 6.48. The number of allylic oxidation sites excluding steroid dienone is 1. The van der Waals surface area contributed by atoms with Crippen molar-refractivity contribution in [1.29, 1.82) is 0 Å². The maximum atomic E-state index is 13.2. The number of nitrogens with one attached hydrogen (secondary N) is 3. The van der Waals surface area contributed by atoms with E-state index in [1.807, 2.05) is 0 Å². The Kier molecular flexibility index (Phi) is 10.8. The molecule has 0 spiro atoms. The number of amides is 4. The zero-order valence-corrected chi connectivity index (χ0v) is 27.9. The van der Waals surface area contributed by atoms with Gasteiger partial charge in [-0.3, -0.25) is 19.2 Å². The van der Waals surface area contributed by atoms with Crippen LogP contribution < -0.4 is 21.3 Å². The van der Waals surface area contributed by atoms with Gasteiger partial charge in [0.25, 0.3) is 11.8 Å². The number of aromatic nitrogens is 2. The van der Waals surface area contributed by atoms with Crippen molar-refractivity contribution in [2.75, 3.05) is 18.4 Å². The van der Waals surface area contributed by atoms with E-state index in [4.69, 9.17) is 0 Å². The van der Waals surface area contributed by atoms with Crippen molar-refractivity contribution in [2.24, 2.45) is 0 Å². The minimum atomic E-state index is -1.33. The van der Waals surface area contributed by atoms with Crippen LogP contribution in [-0.4, -0.2) is 78.8 Å². The van der Waals surface area contributed by atoms with E-state index in [2.05, 4.69) is 27.2 Å². The van der Waals surface area contributed by atoms with Crippen molar-refractivity contribution in [3.63, 3.8) is 0 Å². The lowest BCUT2D eigenvalue weighted by molar-refractivity contribution is -0.145. The highest BCUT2D eigenvalue weighted by Crippen LogP contribution is 2.26. The molecule has 262 valence electrons. The van der Waals surface area contributed by atoms with E-state index < -0.39 is 36.1 Å². The number of anilines is 1. The van der Waals surface area contributed by atoms with E-state index in [1.54, 1.807) is 97.1 Å². The summed E-state index contributed by atoms with van der Waals surface area (Å²) in [6.45, 7) is 4.81. The number of imidazole rings is 1. The molecule has 0 radical (unpaired) electrons. The van der Waals surface area contributed by atoms with Gasteiger partial charge in [-0.2, -0.15) is 0 Å². The number of H-pyrrole nitrogens is 1. The van der Waals surface area contributed by atoms with Gasteiger partial charge in [0, 0.05) is 30.5 Å². The number of nitrogens with zero attached hydrogens (tertiary/aromatic N) is 3. The van der Waals surface area contributed by atoms with Gasteiger partial charge in [-0.25, -0.2) is 4.98 Å². The summed E-state index contributed by atoms with van der Waals surface area (Å²) < 4.78 is 0. The van der Waals surface area contributed by atoms with Crippen LogP contribution in [0.25, 0.3) is 24.0 Å². The Morgan fingerprint density at radius 2 is 1.31 bits per heavy atom. The number of hydrogen-bond donors (Lipinski definition) is 5. The van der Waals surface area contributed by atoms with Gasteiger partial charge >= 0.3 is 0 Å². The molecule has 0 saturated carbocycles. The maximum Gasteiger partial charge on any atom is 0.256 e. The molecule has 5 N–H and O–H groups in total. The molecule has 3 heterocycles. The van der Waals surface area contributed by atoms with Gasteiger partial charge in [0.15, 0.2) is 12.2 Å². The summed E-state index contributed by atoms with van der Waals surface area (Å²) in [5, 5.41) is 27.9. The van der Waals surface area contributed by atoms with Gasteiger partial charge in [0.2, 0.25) is 11.8 Å². The van der Waals surface area contributed by atoms with Crippen LogP contribution in [0.4, 0.5) is 5.69 Å². The van der Waals surface area contributed by atoms with Gasteiger partial charge in [-0.15, -0.1) is 0 Å². The third-order valence-corrected chi connectivity index (χ3v) is 9.19. The van der Waals surface area contributed by atoms with Crippen molar-refractivity contribution >= 4 is 42.0 Å². The Morgan fingerprint density at radius 1 is 0.784 bits per heavy atom. The molecule has 2 saturated heterocycles. The molecule has 4 unspecified atom stereocenters. The van der Waals surface area contributed by atoms with Crippen LogP contribution >= 0.6 is 0 Å². The molecule has 6 rings (SSSR count). The van der Waals surface area contributed by atoms with E-state index in [-0.39, 0.29) is 11.8 Å². The summed E-state index contributed by atoms with van der Waals surface area (Å²) in [5.41, 5.74) is 2.27. The van der Waals surface area contributed by atoms with Gasteiger partial charge < -0.3 is 35.6 Å². The second kappa shape index (κ2) is 15.8. The van der Waals surface area contributed by atoms with Crippen LogP contribution in [0, 0.1) is 0 Å². The lowest BCUT2D eigenvalue weighted by Gasteiger charge is -2.26. The Morgan fingerprint density at radius 3 is 1.86 bits per heavy atom. The van der Waals surface area contributed by atoms with E-state index in [0.29, 0.717) is 72.1 Å². The number of rotatable bonds is 10. The van der Waals surface area contributed by atoms with E-state index in [0.717, 1.165) is 5.56 Å². The summed E-state index contributed by atoms with van der Waals surface area (Å²) in [6.07, 6.45) is 4.47. The second-order valence-corrected chi connectivity index (χ2v) is 12.6. The molecule has 4 aromatic rings. The summed E-state index contributed by atoms with van der Waals surface area (Å²) in [7, 11) is 0. The quantitative estimate of drug-likeness (QED) is 0.170. The number of aromatic amines is 1. The topological polar surface area (TPSA) is 168 Å². The van der Waals surface area contributed by atoms with Crippen molar-refractivity contribution < 1.29 is 29.4 Å². The second-order valence-electron chi connectivity index (χ2n) is 12.6. The molecule has 51 heavy (non-hydrogen) atoms. The summed E-state index contributed by atoms with van der Waals surface area (Å²) in [4.78, 5) is 62.8. The van der Waals surface area contributed by atoms with Crippen LogP contribution in [-0.2, 0) is 19.2 Å². The smallest absolute Gasteiger partial charge is 0.256 e. The van der Waals surface area contributed by atoms with Crippen LogP contribution in [0.5, 0.6) is 0 Å². The molecular formula is C39H40N6O6. The Bertz CT molecular complexity index is 2010. The van der Waals surface area contributed by atoms with Gasteiger partial charge in [0.05, 0.1) is 10.7 Å². The van der Waals surface area contributed by atoms with Crippen LogP contribution in [0.3, 0.4) is 0 Å².